The van der Waals surface area contributed by atoms with E-state index in [1.165, 1.54) is 30.2 Å². The molecule has 4 heterocycles. The molecule has 2 saturated heterocycles. The van der Waals surface area contributed by atoms with Gasteiger partial charge in [0, 0.05) is 36.6 Å². The Morgan fingerprint density at radius 3 is 2.50 bits per heavy atom. The molecule has 1 N–H and O–H groups in total. The average molecular weight is 433 g/mol. The van der Waals surface area contributed by atoms with Crippen molar-refractivity contribution in [1.82, 2.24) is 19.2 Å². The molecule has 0 saturated carbocycles. The standard InChI is InChI=1S/C20H24N4O5S/c1-29-17-11-19(25)23(18-5-3-4-8-21-18)12-16(17)20(26)22-13-9-14-6-7-15(10-13)24(14)30(2,27)28/h3-5,8,11-15H,6-7,9-10H2,1-2H3,(H,22,26). The van der Waals surface area contributed by atoms with Crippen LogP contribution < -0.4 is 15.6 Å². The van der Waals surface area contributed by atoms with E-state index in [1.807, 2.05) is 0 Å². The van der Waals surface area contributed by atoms with Crippen LogP contribution in [0, 0.1) is 0 Å². The van der Waals surface area contributed by atoms with E-state index in [4.69, 9.17) is 4.74 Å². The third-order valence-electron chi connectivity index (χ3n) is 5.76. The normalized spacial score (nSPS) is 23.9. The smallest absolute Gasteiger partial charge is 0.260 e. The van der Waals surface area contributed by atoms with Gasteiger partial charge in [-0.3, -0.25) is 14.2 Å². The summed E-state index contributed by atoms with van der Waals surface area (Å²) < 4.78 is 32.3. The van der Waals surface area contributed by atoms with Crippen LogP contribution in [0.2, 0.25) is 0 Å². The fraction of sp³-hybridized carbons (Fsp3) is 0.450. The number of hydrogen-bond acceptors (Lipinski definition) is 6. The van der Waals surface area contributed by atoms with Crippen LogP contribution in [-0.2, 0) is 10.0 Å². The van der Waals surface area contributed by atoms with Gasteiger partial charge in [-0.2, -0.15) is 4.31 Å². The molecular formula is C20H24N4O5S. The zero-order valence-electron chi connectivity index (χ0n) is 16.8. The molecule has 4 rings (SSSR count). The van der Waals surface area contributed by atoms with Crippen LogP contribution in [-0.4, -0.2) is 59.7 Å². The number of fused-ring (bicyclic) bond motifs is 2. The first kappa shape index (κ1) is 20.5. The van der Waals surface area contributed by atoms with Gasteiger partial charge < -0.3 is 10.1 Å². The molecule has 2 unspecified atom stereocenters. The Kier molecular flexibility index (Phi) is 5.37. The minimum Gasteiger partial charge on any atom is -0.496 e. The second kappa shape index (κ2) is 7.84. The number of carbonyl (C=O) groups excluding carboxylic acids is 1. The summed E-state index contributed by atoms with van der Waals surface area (Å²) in [4.78, 5) is 29.6. The van der Waals surface area contributed by atoms with E-state index >= 15 is 0 Å². The summed E-state index contributed by atoms with van der Waals surface area (Å²) in [5.41, 5.74) is -0.137. The van der Waals surface area contributed by atoms with Gasteiger partial charge in [0.1, 0.15) is 11.6 Å². The van der Waals surface area contributed by atoms with Crippen LogP contribution in [0.15, 0.2) is 41.5 Å². The number of nitrogens with zero attached hydrogens (tertiary/aromatic N) is 3. The molecule has 2 aliphatic rings. The molecule has 2 atom stereocenters. The van der Waals surface area contributed by atoms with Crippen LogP contribution in [0.3, 0.4) is 0 Å². The lowest BCUT2D eigenvalue weighted by atomic mass is 9.99. The molecule has 9 nitrogen and oxygen atoms in total. The molecule has 10 heteroatoms. The van der Waals surface area contributed by atoms with Crippen LogP contribution in [0.1, 0.15) is 36.0 Å². The van der Waals surface area contributed by atoms with E-state index in [0.717, 1.165) is 12.8 Å². The molecule has 2 bridgehead atoms. The number of hydrogen-bond donors (Lipinski definition) is 1. The van der Waals surface area contributed by atoms with Crippen molar-refractivity contribution in [3.05, 3.63) is 52.6 Å². The number of rotatable bonds is 5. The maximum Gasteiger partial charge on any atom is 0.260 e. The van der Waals surface area contributed by atoms with Crippen molar-refractivity contribution in [3.8, 4) is 11.6 Å². The number of amides is 1. The highest BCUT2D eigenvalue weighted by atomic mass is 32.2. The first-order chi connectivity index (χ1) is 14.3. The molecule has 0 aromatic carbocycles. The first-order valence-electron chi connectivity index (χ1n) is 9.79. The SMILES string of the molecule is COc1cc(=O)n(-c2ccccn2)cc1C(=O)NC1CC2CCC(C1)N2S(C)(=O)=O. The molecule has 1 amide bonds. The van der Waals surface area contributed by atoms with Crippen molar-refractivity contribution in [2.45, 2.75) is 43.8 Å². The Bertz CT molecular complexity index is 1100. The first-order valence-corrected chi connectivity index (χ1v) is 11.6. The van der Waals surface area contributed by atoms with Crippen molar-refractivity contribution in [2.24, 2.45) is 0 Å². The van der Waals surface area contributed by atoms with E-state index in [9.17, 15) is 18.0 Å². The van der Waals surface area contributed by atoms with Crippen LogP contribution >= 0.6 is 0 Å². The van der Waals surface area contributed by atoms with E-state index in [2.05, 4.69) is 10.3 Å². The molecule has 2 aliphatic heterocycles. The molecule has 30 heavy (non-hydrogen) atoms. The Morgan fingerprint density at radius 1 is 1.23 bits per heavy atom. The quantitative estimate of drug-likeness (QED) is 0.752. The lowest BCUT2D eigenvalue weighted by molar-refractivity contribution is 0.0906. The maximum absolute atomic E-state index is 13.0. The summed E-state index contributed by atoms with van der Waals surface area (Å²) >= 11 is 0. The Morgan fingerprint density at radius 2 is 1.93 bits per heavy atom. The lowest BCUT2D eigenvalue weighted by Crippen LogP contribution is -2.52. The fourth-order valence-corrected chi connectivity index (χ4v) is 6.05. The largest absolute Gasteiger partial charge is 0.496 e. The van der Waals surface area contributed by atoms with E-state index in [1.54, 1.807) is 28.7 Å². The van der Waals surface area contributed by atoms with Crippen LogP contribution in [0.5, 0.6) is 5.75 Å². The highest BCUT2D eigenvalue weighted by molar-refractivity contribution is 7.88. The number of piperidine rings is 1. The molecular weight excluding hydrogens is 408 g/mol. The number of methoxy groups -OCH3 is 1. The van der Waals surface area contributed by atoms with Gasteiger partial charge in [0.2, 0.25) is 10.0 Å². The van der Waals surface area contributed by atoms with Crippen molar-refractivity contribution in [1.29, 1.82) is 0 Å². The van der Waals surface area contributed by atoms with Crippen molar-refractivity contribution >= 4 is 15.9 Å². The third-order valence-corrected chi connectivity index (χ3v) is 7.12. The zero-order chi connectivity index (χ0) is 21.5. The van der Waals surface area contributed by atoms with Crippen LogP contribution in [0.4, 0.5) is 0 Å². The molecule has 2 aromatic heterocycles. The summed E-state index contributed by atoms with van der Waals surface area (Å²) in [6.45, 7) is 0. The summed E-state index contributed by atoms with van der Waals surface area (Å²) in [6.07, 6.45) is 6.98. The highest BCUT2D eigenvalue weighted by Gasteiger charge is 2.45. The predicted molar refractivity (Wildman–Crippen MR) is 110 cm³/mol. The van der Waals surface area contributed by atoms with E-state index < -0.39 is 10.0 Å². The van der Waals surface area contributed by atoms with Gasteiger partial charge in [-0.15, -0.1) is 0 Å². The van der Waals surface area contributed by atoms with Gasteiger partial charge >= 0.3 is 0 Å². The number of pyridine rings is 2. The summed E-state index contributed by atoms with van der Waals surface area (Å²) in [5, 5.41) is 3.00. The molecule has 0 radical (unpaired) electrons. The molecule has 2 fully saturated rings. The van der Waals surface area contributed by atoms with Gasteiger partial charge in [-0.1, -0.05) is 6.07 Å². The highest BCUT2D eigenvalue weighted by Crippen LogP contribution is 2.37. The van der Waals surface area contributed by atoms with E-state index in [-0.39, 0.29) is 40.9 Å². The summed E-state index contributed by atoms with van der Waals surface area (Å²) in [5.74, 6) is 0.216. The Balaban J connectivity index is 1.58. The van der Waals surface area contributed by atoms with E-state index in [0.29, 0.717) is 18.7 Å². The zero-order valence-corrected chi connectivity index (χ0v) is 17.6. The van der Waals surface area contributed by atoms with Crippen LogP contribution in [0.25, 0.3) is 5.82 Å². The molecule has 2 aromatic rings. The van der Waals surface area contributed by atoms with Gasteiger partial charge in [0.05, 0.1) is 18.9 Å². The van der Waals surface area contributed by atoms with Gasteiger partial charge in [0.15, 0.2) is 0 Å². The van der Waals surface area contributed by atoms with Crippen molar-refractivity contribution in [3.63, 3.8) is 0 Å². The lowest BCUT2D eigenvalue weighted by Gasteiger charge is -2.37. The number of carbonyl (C=O) groups is 1. The van der Waals surface area contributed by atoms with Gasteiger partial charge in [-0.25, -0.2) is 13.4 Å². The predicted octanol–water partition coefficient (Wildman–Crippen LogP) is 0.926. The van der Waals surface area contributed by atoms with Gasteiger partial charge in [-0.05, 0) is 37.8 Å². The van der Waals surface area contributed by atoms with Crippen molar-refractivity contribution in [2.75, 3.05) is 13.4 Å². The number of ether oxygens (including phenoxy) is 1. The minimum absolute atomic E-state index is 0.0894. The summed E-state index contributed by atoms with van der Waals surface area (Å²) in [7, 11) is -1.86. The summed E-state index contributed by atoms with van der Waals surface area (Å²) in [6, 6.07) is 6.11. The topological polar surface area (TPSA) is 111 Å². The minimum atomic E-state index is -3.26. The second-order valence-electron chi connectivity index (χ2n) is 7.77. The second-order valence-corrected chi connectivity index (χ2v) is 9.66. The maximum atomic E-state index is 13.0. The molecule has 0 aliphatic carbocycles. The average Bonchev–Trinajstić information content (AvgIpc) is 3.00. The third kappa shape index (κ3) is 3.84. The Labute approximate surface area is 174 Å². The number of aromatic nitrogens is 2. The van der Waals surface area contributed by atoms with Gasteiger partial charge in [0.25, 0.3) is 11.5 Å². The van der Waals surface area contributed by atoms with Crippen molar-refractivity contribution < 1.29 is 17.9 Å². The fourth-order valence-electron chi connectivity index (χ4n) is 4.59. The number of nitrogens with one attached hydrogen (secondary N) is 1. The monoisotopic (exact) mass is 432 g/mol. The molecule has 160 valence electrons. The number of sulfonamides is 1. The Hall–Kier alpha value is -2.72. The molecule has 0 spiro atoms.